The van der Waals surface area contributed by atoms with E-state index in [1.54, 1.807) is 0 Å². The highest BCUT2D eigenvalue weighted by Gasteiger charge is 2.19. The van der Waals surface area contributed by atoms with E-state index in [1.165, 1.54) is 50.1 Å². The van der Waals surface area contributed by atoms with E-state index in [1.807, 2.05) is 0 Å². The number of aryl methyl sites for hydroxylation is 1. The first-order chi connectivity index (χ1) is 16.5. The molecule has 0 nitrogen and oxygen atoms in total. The molecule has 0 aliphatic rings. The number of hydrogen-bond donors (Lipinski definition) is 0. The Kier molecular flexibility index (Phi) is 6.86. The van der Waals surface area contributed by atoms with Gasteiger partial charge >= 0.3 is 0 Å². The Balaban J connectivity index is 2.03. The Bertz CT molecular complexity index is 1230. The molecule has 0 spiro atoms. The van der Waals surface area contributed by atoms with Gasteiger partial charge in [0.05, 0.1) is 0 Å². The monoisotopic (exact) mass is 458 g/mol. The minimum atomic E-state index is 0.121. The van der Waals surface area contributed by atoms with E-state index in [4.69, 9.17) is 0 Å². The van der Waals surface area contributed by atoms with Crippen molar-refractivity contribution in [1.29, 1.82) is 0 Å². The first kappa shape index (κ1) is 24.7. The molecule has 178 valence electrons. The zero-order valence-electron chi connectivity index (χ0n) is 22.3. The molecule has 35 heavy (non-hydrogen) atoms. The molecule has 0 aromatic heterocycles. The highest BCUT2D eigenvalue weighted by molar-refractivity contribution is 6.04. The lowest BCUT2D eigenvalue weighted by Gasteiger charge is -2.23. The van der Waals surface area contributed by atoms with Crippen molar-refractivity contribution in [2.45, 2.75) is 59.3 Å². The van der Waals surface area contributed by atoms with Gasteiger partial charge in [-0.3, -0.25) is 0 Å². The van der Waals surface area contributed by atoms with Gasteiger partial charge in [-0.15, -0.1) is 0 Å². The first-order valence-electron chi connectivity index (χ1n) is 12.6. The maximum Gasteiger partial charge on any atom is -0.00268 e. The average molecular weight is 459 g/mol. The Morgan fingerprint density at radius 1 is 0.400 bits per heavy atom. The van der Waals surface area contributed by atoms with Gasteiger partial charge in [-0.1, -0.05) is 150 Å². The van der Waals surface area contributed by atoms with Gasteiger partial charge < -0.3 is 0 Å². The summed E-state index contributed by atoms with van der Waals surface area (Å²) in [6, 6.07) is 38.1. The number of rotatable bonds is 4. The quantitative estimate of drug-likeness (QED) is 0.267. The second-order valence-electron chi connectivity index (χ2n) is 11.6. The van der Waals surface area contributed by atoms with Crippen molar-refractivity contribution in [3.05, 3.63) is 142 Å². The average Bonchev–Trinajstić information content (AvgIpc) is 2.83. The minimum Gasteiger partial charge on any atom is -0.0622 e. The van der Waals surface area contributed by atoms with Crippen LogP contribution in [0.2, 0.25) is 0 Å². The fourth-order valence-electron chi connectivity index (χ4n) is 4.51. The fourth-order valence-corrected chi connectivity index (χ4v) is 4.51. The molecule has 0 heteroatoms. The minimum absolute atomic E-state index is 0.121. The van der Waals surface area contributed by atoms with Crippen LogP contribution in [0.3, 0.4) is 0 Å². The highest BCUT2D eigenvalue weighted by atomic mass is 14.2. The van der Waals surface area contributed by atoms with Crippen LogP contribution in [0.4, 0.5) is 0 Å². The molecule has 0 bridgehead atoms. The van der Waals surface area contributed by atoms with Crippen molar-refractivity contribution in [2.24, 2.45) is 0 Å². The summed E-state index contributed by atoms with van der Waals surface area (Å²) in [5.74, 6) is 0. The van der Waals surface area contributed by atoms with E-state index >= 15 is 0 Å². The van der Waals surface area contributed by atoms with E-state index in [0.717, 1.165) is 0 Å². The van der Waals surface area contributed by atoms with Crippen molar-refractivity contribution in [3.8, 4) is 0 Å². The van der Waals surface area contributed by atoms with Gasteiger partial charge in [0, 0.05) is 0 Å². The van der Waals surface area contributed by atoms with E-state index < -0.39 is 0 Å². The van der Waals surface area contributed by atoms with E-state index in [2.05, 4.69) is 152 Å². The molecule has 0 amide bonds. The first-order valence-corrected chi connectivity index (χ1v) is 12.6. The van der Waals surface area contributed by atoms with Crippen molar-refractivity contribution in [3.63, 3.8) is 0 Å². The Labute approximate surface area is 212 Å². The lowest BCUT2D eigenvalue weighted by Crippen LogP contribution is -2.11. The third kappa shape index (κ3) is 5.65. The van der Waals surface area contributed by atoms with Crippen LogP contribution >= 0.6 is 0 Å². The summed E-state index contributed by atoms with van der Waals surface area (Å²) in [6.07, 6.45) is 0. The maximum absolute atomic E-state index is 2.30. The van der Waals surface area contributed by atoms with Gasteiger partial charge in [0.2, 0.25) is 0 Å². The Hall–Kier alpha value is -3.38. The standard InChI is InChI=1S/C35H38/c1-25-13-15-27(16-14-25)32(26-11-9-8-10-12-26)33(28-17-21-30(22-18-28)34(2,3)4)29-19-23-31(24-20-29)35(5,6)7/h8-24H,1-7H3. The summed E-state index contributed by atoms with van der Waals surface area (Å²) >= 11 is 0. The van der Waals surface area contributed by atoms with Crippen molar-refractivity contribution >= 4 is 11.1 Å². The number of benzene rings is 4. The lowest BCUT2D eigenvalue weighted by atomic mass is 9.81. The van der Waals surface area contributed by atoms with E-state index in [0.29, 0.717) is 0 Å². The molecular formula is C35H38. The fraction of sp³-hybridized carbons (Fsp3) is 0.257. The highest BCUT2D eigenvalue weighted by Crippen LogP contribution is 2.38. The third-order valence-electron chi connectivity index (χ3n) is 6.73. The SMILES string of the molecule is Cc1ccc(C(=C(c2ccc(C(C)(C)C)cc2)c2ccc(C(C)(C)C)cc2)c2ccccc2)cc1. The van der Waals surface area contributed by atoms with Crippen molar-refractivity contribution in [2.75, 3.05) is 0 Å². The van der Waals surface area contributed by atoms with Crippen LogP contribution < -0.4 is 0 Å². The van der Waals surface area contributed by atoms with Crippen LogP contribution in [0.1, 0.15) is 80.5 Å². The van der Waals surface area contributed by atoms with Crippen LogP contribution in [0.15, 0.2) is 103 Å². The second kappa shape index (κ2) is 9.70. The van der Waals surface area contributed by atoms with Gasteiger partial charge in [-0.25, -0.2) is 0 Å². The molecule has 4 aromatic carbocycles. The molecule has 0 fully saturated rings. The molecule has 4 rings (SSSR count). The maximum atomic E-state index is 2.30. The third-order valence-corrected chi connectivity index (χ3v) is 6.73. The van der Waals surface area contributed by atoms with Crippen LogP contribution in [-0.4, -0.2) is 0 Å². The summed E-state index contributed by atoms with van der Waals surface area (Å²) in [5.41, 5.74) is 11.7. The molecule has 0 atom stereocenters. The van der Waals surface area contributed by atoms with Crippen LogP contribution in [0, 0.1) is 6.92 Å². The summed E-state index contributed by atoms with van der Waals surface area (Å²) in [4.78, 5) is 0. The molecule has 0 saturated carbocycles. The van der Waals surface area contributed by atoms with Gasteiger partial charge in [0.15, 0.2) is 0 Å². The normalized spacial score (nSPS) is 11.9. The van der Waals surface area contributed by atoms with Gasteiger partial charge in [-0.05, 0) is 62.3 Å². The largest absolute Gasteiger partial charge is 0.0622 e. The smallest absolute Gasteiger partial charge is 0.00268 e. The number of hydrogen-bond acceptors (Lipinski definition) is 0. The van der Waals surface area contributed by atoms with E-state index in [-0.39, 0.29) is 10.8 Å². The molecule has 0 aliphatic heterocycles. The zero-order valence-corrected chi connectivity index (χ0v) is 22.3. The van der Waals surface area contributed by atoms with Crippen LogP contribution in [0.25, 0.3) is 11.1 Å². The Morgan fingerprint density at radius 3 is 1.06 bits per heavy atom. The molecule has 0 radical (unpaired) electrons. The second-order valence-corrected chi connectivity index (χ2v) is 11.6. The molecule has 0 unspecified atom stereocenters. The summed E-state index contributed by atoms with van der Waals surface area (Å²) < 4.78 is 0. The van der Waals surface area contributed by atoms with Crippen molar-refractivity contribution < 1.29 is 0 Å². The lowest BCUT2D eigenvalue weighted by molar-refractivity contribution is 0.590. The topological polar surface area (TPSA) is 0 Å². The summed E-state index contributed by atoms with van der Waals surface area (Å²) in [6.45, 7) is 15.8. The molecule has 0 aliphatic carbocycles. The van der Waals surface area contributed by atoms with Crippen LogP contribution in [0.5, 0.6) is 0 Å². The zero-order chi connectivity index (χ0) is 25.2. The van der Waals surface area contributed by atoms with Crippen LogP contribution in [-0.2, 0) is 10.8 Å². The predicted molar refractivity (Wildman–Crippen MR) is 153 cm³/mol. The molecular weight excluding hydrogens is 420 g/mol. The summed E-state index contributed by atoms with van der Waals surface area (Å²) in [5, 5.41) is 0. The van der Waals surface area contributed by atoms with Gasteiger partial charge in [0.25, 0.3) is 0 Å². The summed E-state index contributed by atoms with van der Waals surface area (Å²) in [7, 11) is 0. The van der Waals surface area contributed by atoms with E-state index in [9.17, 15) is 0 Å². The molecule has 4 aromatic rings. The van der Waals surface area contributed by atoms with Crippen molar-refractivity contribution in [1.82, 2.24) is 0 Å². The molecule has 0 N–H and O–H groups in total. The van der Waals surface area contributed by atoms with Gasteiger partial charge in [0.1, 0.15) is 0 Å². The molecule has 0 saturated heterocycles. The Morgan fingerprint density at radius 2 is 0.714 bits per heavy atom. The van der Waals surface area contributed by atoms with Gasteiger partial charge in [-0.2, -0.15) is 0 Å². The molecule has 0 heterocycles. The predicted octanol–water partition coefficient (Wildman–Crippen LogP) is 9.60.